The molecule has 1 aromatic rings. The Hall–Kier alpha value is -0.0800. The summed E-state index contributed by atoms with van der Waals surface area (Å²) in [6.45, 7) is 5.94. The van der Waals surface area contributed by atoms with E-state index >= 15 is 0 Å². The fraction of sp³-hybridized carbons (Fsp3) is 0.571. The van der Waals surface area contributed by atoms with Crippen LogP contribution in [0.5, 0.6) is 0 Å². The van der Waals surface area contributed by atoms with Crippen molar-refractivity contribution in [3.05, 3.63) is 27.7 Å². The Bertz CT molecular complexity index is 562. The summed E-state index contributed by atoms with van der Waals surface area (Å²) in [4.78, 5) is 0.353. The highest BCUT2D eigenvalue weighted by Gasteiger charge is 2.18. The Morgan fingerprint density at radius 2 is 2.00 bits per heavy atom. The molecular formula is C14H23BrN2O2S2. The third-order valence-corrected chi connectivity index (χ3v) is 6.02. The predicted octanol–water partition coefficient (Wildman–Crippen LogP) is 2.90. The number of sulfonamides is 1. The molecule has 0 aliphatic carbocycles. The van der Waals surface area contributed by atoms with E-state index in [0.29, 0.717) is 18.0 Å². The van der Waals surface area contributed by atoms with Crippen molar-refractivity contribution >= 4 is 37.7 Å². The zero-order chi connectivity index (χ0) is 15.9. The number of rotatable bonds is 9. The summed E-state index contributed by atoms with van der Waals surface area (Å²) < 4.78 is 28.3. The molecule has 0 atom stereocenters. The number of nitrogens with one attached hydrogen (secondary N) is 2. The van der Waals surface area contributed by atoms with Gasteiger partial charge in [0.25, 0.3) is 0 Å². The molecule has 0 radical (unpaired) electrons. The molecule has 0 aliphatic rings. The summed E-state index contributed by atoms with van der Waals surface area (Å²) in [6, 6.07) is 3.73. The molecule has 0 saturated carbocycles. The van der Waals surface area contributed by atoms with E-state index in [1.807, 2.05) is 19.2 Å². The van der Waals surface area contributed by atoms with Gasteiger partial charge in [0.15, 0.2) is 0 Å². The highest BCUT2D eigenvalue weighted by molar-refractivity contribution is 9.10. The molecule has 120 valence electrons. The lowest BCUT2D eigenvalue weighted by atomic mass is 10.1. The molecule has 1 rings (SSSR count). The van der Waals surface area contributed by atoms with Crippen molar-refractivity contribution in [1.82, 2.24) is 10.0 Å². The first-order chi connectivity index (χ1) is 9.92. The Kier molecular flexibility index (Phi) is 8.26. The maximum absolute atomic E-state index is 12.4. The number of hydrogen-bond donors (Lipinski definition) is 2. The van der Waals surface area contributed by atoms with E-state index < -0.39 is 10.0 Å². The highest BCUT2D eigenvalue weighted by Crippen LogP contribution is 2.25. The molecule has 0 bridgehead atoms. The molecule has 2 N–H and O–H groups in total. The van der Waals surface area contributed by atoms with E-state index in [2.05, 4.69) is 32.9 Å². The smallest absolute Gasteiger partial charge is 0.240 e. The Morgan fingerprint density at radius 3 is 2.62 bits per heavy atom. The van der Waals surface area contributed by atoms with Crippen LogP contribution in [-0.4, -0.2) is 33.5 Å². The van der Waals surface area contributed by atoms with Crippen molar-refractivity contribution < 1.29 is 8.42 Å². The van der Waals surface area contributed by atoms with Gasteiger partial charge in [-0.05, 0) is 49.4 Å². The average Bonchev–Trinajstić information content (AvgIpc) is 2.42. The maximum Gasteiger partial charge on any atom is 0.240 e. The van der Waals surface area contributed by atoms with Gasteiger partial charge in [0.05, 0.1) is 4.90 Å². The van der Waals surface area contributed by atoms with Gasteiger partial charge in [0.2, 0.25) is 10.0 Å². The topological polar surface area (TPSA) is 58.2 Å². The lowest BCUT2D eigenvalue weighted by Crippen LogP contribution is -2.27. The van der Waals surface area contributed by atoms with Crippen molar-refractivity contribution in [1.29, 1.82) is 0 Å². The van der Waals surface area contributed by atoms with Gasteiger partial charge < -0.3 is 5.32 Å². The molecule has 0 aliphatic heterocycles. The molecule has 0 unspecified atom stereocenters. The number of thioether (sulfide) groups is 1. The summed E-state index contributed by atoms with van der Waals surface area (Å²) in [5, 5.41) is 3.29. The van der Waals surface area contributed by atoms with Gasteiger partial charge in [-0.2, -0.15) is 11.8 Å². The molecule has 7 heteroatoms. The van der Waals surface area contributed by atoms with E-state index in [9.17, 15) is 8.42 Å². The standard InChI is InChI=1S/C14H23BrN2O2S2/c1-4-5-16-10-12-8-13(15)11(2)14(9-12)21(18,19)17-6-7-20-3/h8-9,16-17H,4-7,10H2,1-3H3. The summed E-state index contributed by atoms with van der Waals surface area (Å²) in [6.07, 6.45) is 3.00. The number of halogens is 1. The van der Waals surface area contributed by atoms with Crippen LogP contribution in [0, 0.1) is 6.92 Å². The molecule has 21 heavy (non-hydrogen) atoms. The van der Waals surface area contributed by atoms with Crippen LogP contribution in [0.25, 0.3) is 0 Å². The minimum Gasteiger partial charge on any atom is -0.313 e. The summed E-state index contributed by atoms with van der Waals surface area (Å²) in [5.74, 6) is 0.761. The minimum absolute atomic E-state index is 0.353. The molecule has 0 heterocycles. The van der Waals surface area contributed by atoms with E-state index in [4.69, 9.17) is 0 Å². The molecule has 0 spiro atoms. The maximum atomic E-state index is 12.4. The third kappa shape index (κ3) is 5.90. The molecule has 0 saturated heterocycles. The van der Waals surface area contributed by atoms with Crippen LogP contribution in [0.2, 0.25) is 0 Å². The van der Waals surface area contributed by atoms with Crippen molar-refractivity contribution in [2.75, 3.05) is 25.1 Å². The van der Waals surface area contributed by atoms with Gasteiger partial charge >= 0.3 is 0 Å². The van der Waals surface area contributed by atoms with Gasteiger partial charge in [0.1, 0.15) is 0 Å². The SMILES string of the molecule is CCCNCc1cc(Br)c(C)c(S(=O)(=O)NCCSC)c1. The summed E-state index contributed by atoms with van der Waals surface area (Å²) in [7, 11) is -3.46. The Labute approximate surface area is 140 Å². The second kappa shape index (κ2) is 9.15. The predicted molar refractivity (Wildman–Crippen MR) is 94.4 cm³/mol. The van der Waals surface area contributed by atoms with Crippen LogP contribution in [0.4, 0.5) is 0 Å². The first-order valence-corrected chi connectivity index (χ1v) is 10.6. The molecule has 0 aromatic heterocycles. The second-order valence-corrected chi connectivity index (χ2v) is 8.34. The normalized spacial score (nSPS) is 11.8. The van der Waals surface area contributed by atoms with Crippen molar-refractivity contribution in [3.63, 3.8) is 0 Å². The zero-order valence-electron chi connectivity index (χ0n) is 12.7. The van der Waals surface area contributed by atoms with Gasteiger partial charge in [-0.1, -0.05) is 22.9 Å². The van der Waals surface area contributed by atoms with Crippen LogP contribution in [-0.2, 0) is 16.6 Å². The third-order valence-electron chi connectivity index (χ3n) is 3.00. The van der Waals surface area contributed by atoms with Gasteiger partial charge in [-0.15, -0.1) is 0 Å². The van der Waals surface area contributed by atoms with E-state index in [1.54, 1.807) is 17.8 Å². The zero-order valence-corrected chi connectivity index (χ0v) is 15.9. The average molecular weight is 395 g/mol. The van der Waals surface area contributed by atoms with Gasteiger partial charge in [0, 0.05) is 23.3 Å². The fourth-order valence-electron chi connectivity index (χ4n) is 1.85. The van der Waals surface area contributed by atoms with E-state index in [1.165, 1.54) is 0 Å². The first-order valence-electron chi connectivity index (χ1n) is 6.90. The van der Waals surface area contributed by atoms with Crippen LogP contribution in [0.3, 0.4) is 0 Å². The number of hydrogen-bond acceptors (Lipinski definition) is 4. The molecule has 1 aromatic carbocycles. The van der Waals surface area contributed by atoms with Crippen molar-refractivity contribution in [3.8, 4) is 0 Å². The largest absolute Gasteiger partial charge is 0.313 e. The van der Waals surface area contributed by atoms with Crippen LogP contribution >= 0.6 is 27.7 Å². The van der Waals surface area contributed by atoms with E-state index in [0.717, 1.165) is 34.3 Å². The lowest BCUT2D eigenvalue weighted by Gasteiger charge is -2.13. The first kappa shape index (κ1) is 19.0. The summed E-state index contributed by atoms with van der Waals surface area (Å²) in [5.41, 5.74) is 1.71. The van der Waals surface area contributed by atoms with Crippen molar-refractivity contribution in [2.24, 2.45) is 0 Å². The van der Waals surface area contributed by atoms with Crippen LogP contribution < -0.4 is 10.0 Å². The van der Waals surface area contributed by atoms with Crippen LogP contribution in [0.15, 0.2) is 21.5 Å². The van der Waals surface area contributed by atoms with E-state index in [-0.39, 0.29) is 0 Å². The van der Waals surface area contributed by atoms with Gasteiger partial charge in [-0.3, -0.25) is 0 Å². The quantitative estimate of drug-likeness (QED) is 0.632. The fourth-order valence-corrected chi connectivity index (χ4v) is 4.27. The number of benzene rings is 1. The second-order valence-electron chi connectivity index (χ2n) is 4.77. The highest BCUT2D eigenvalue weighted by atomic mass is 79.9. The summed E-state index contributed by atoms with van der Waals surface area (Å²) >= 11 is 5.07. The minimum atomic E-state index is -3.46. The van der Waals surface area contributed by atoms with Crippen LogP contribution in [0.1, 0.15) is 24.5 Å². The molecule has 4 nitrogen and oxygen atoms in total. The van der Waals surface area contributed by atoms with Crippen molar-refractivity contribution in [2.45, 2.75) is 31.7 Å². The molecule has 0 fully saturated rings. The molecule has 0 amide bonds. The lowest BCUT2D eigenvalue weighted by molar-refractivity contribution is 0.583. The Morgan fingerprint density at radius 1 is 1.29 bits per heavy atom. The monoisotopic (exact) mass is 394 g/mol. The molecular weight excluding hydrogens is 372 g/mol. The Balaban J connectivity index is 2.99. The van der Waals surface area contributed by atoms with Gasteiger partial charge in [-0.25, -0.2) is 13.1 Å².